The molecule has 0 aliphatic rings. The Labute approximate surface area is 242 Å². The van der Waals surface area contributed by atoms with Crippen molar-refractivity contribution in [3.63, 3.8) is 0 Å². The minimum atomic E-state index is -1.10. The Hall–Kier alpha value is -3.67. The van der Waals surface area contributed by atoms with Crippen molar-refractivity contribution in [2.75, 3.05) is 5.32 Å². The molecule has 0 saturated heterocycles. The number of benzene rings is 3. The SMILES string of the molecule is CC(=O)c1ccc(NC(=O)O[C@@H](c2cc(Br)cc(Br)c2O)[C@H](CC/C=C/C(=O)NO)Oc2ccccc2)cc1. The molecule has 2 atom stereocenters. The molecule has 0 aromatic heterocycles. The Bertz CT molecular complexity index is 1330. The Kier molecular flexibility index (Phi) is 11.1. The van der Waals surface area contributed by atoms with Crippen LogP contribution in [0, 0.1) is 0 Å². The van der Waals surface area contributed by atoms with Crippen LogP contribution in [0.4, 0.5) is 10.5 Å². The fourth-order valence-electron chi connectivity index (χ4n) is 3.63. The molecule has 0 radical (unpaired) electrons. The van der Waals surface area contributed by atoms with Crippen LogP contribution in [0.3, 0.4) is 0 Å². The monoisotopic (exact) mass is 660 g/mol. The van der Waals surface area contributed by atoms with Gasteiger partial charge in [-0.05, 0) is 84.2 Å². The quantitative estimate of drug-likeness (QED) is 0.0778. The summed E-state index contributed by atoms with van der Waals surface area (Å²) in [6.45, 7) is 1.45. The van der Waals surface area contributed by atoms with Gasteiger partial charge < -0.3 is 14.6 Å². The number of Topliss-reactive ketones (excluding diaryl/α,β-unsaturated/α-hetero) is 1. The molecule has 0 saturated carbocycles. The Morgan fingerprint density at radius 1 is 1.03 bits per heavy atom. The average molecular weight is 662 g/mol. The lowest BCUT2D eigenvalue weighted by atomic mass is 9.99. The minimum Gasteiger partial charge on any atom is -0.506 e. The van der Waals surface area contributed by atoms with Crippen molar-refractivity contribution in [2.45, 2.75) is 32.0 Å². The van der Waals surface area contributed by atoms with Gasteiger partial charge in [0.05, 0.1) is 4.47 Å². The number of nitrogens with one attached hydrogen (secondary N) is 2. The van der Waals surface area contributed by atoms with E-state index in [9.17, 15) is 19.5 Å². The molecule has 3 aromatic carbocycles. The molecule has 0 bridgehead atoms. The van der Waals surface area contributed by atoms with E-state index in [2.05, 4.69) is 37.2 Å². The Morgan fingerprint density at radius 3 is 2.36 bits per heavy atom. The van der Waals surface area contributed by atoms with E-state index in [1.54, 1.807) is 60.7 Å². The van der Waals surface area contributed by atoms with Crippen LogP contribution in [0.1, 0.15) is 41.8 Å². The van der Waals surface area contributed by atoms with E-state index in [1.807, 2.05) is 6.07 Å². The van der Waals surface area contributed by atoms with Gasteiger partial charge in [0.2, 0.25) is 0 Å². The molecule has 11 heteroatoms. The molecule has 0 aliphatic carbocycles. The molecule has 3 rings (SSSR count). The summed E-state index contributed by atoms with van der Waals surface area (Å²) in [5, 5.41) is 22.3. The van der Waals surface area contributed by atoms with Crippen molar-refractivity contribution in [2.24, 2.45) is 0 Å². The number of allylic oxidation sites excluding steroid dienone is 1. The molecule has 3 aromatic rings. The molecule has 0 fully saturated rings. The van der Waals surface area contributed by atoms with E-state index in [0.29, 0.717) is 32.4 Å². The third-order valence-corrected chi connectivity index (χ3v) is 6.56. The van der Waals surface area contributed by atoms with Gasteiger partial charge in [0.15, 0.2) is 11.9 Å². The number of phenols is 1. The molecule has 9 nitrogen and oxygen atoms in total. The second kappa shape index (κ2) is 14.5. The first-order valence-electron chi connectivity index (χ1n) is 11.8. The number of anilines is 1. The second-order valence-corrected chi connectivity index (χ2v) is 10.1. The highest BCUT2D eigenvalue weighted by atomic mass is 79.9. The second-order valence-electron chi connectivity index (χ2n) is 8.34. The lowest BCUT2D eigenvalue weighted by Crippen LogP contribution is -2.31. The van der Waals surface area contributed by atoms with Gasteiger partial charge in [-0.3, -0.25) is 20.1 Å². The predicted molar refractivity (Wildman–Crippen MR) is 152 cm³/mol. The normalized spacial score (nSPS) is 12.4. The van der Waals surface area contributed by atoms with Gasteiger partial charge in [0.1, 0.15) is 17.6 Å². The third kappa shape index (κ3) is 8.95. The van der Waals surface area contributed by atoms with Crippen LogP contribution < -0.4 is 15.5 Å². The number of hydrogen-bond acceptors (Lipinski definition) is 7. The van der Waals surface area contributed by atoms with E-state index in [-0.39, 0.29) is 23.5 Å². The number of carbonyl (C=O) groups excluding carboxylic acids is 3. The van der Waals surface area contributed by atoms with Crippen molar-refractivity contribution >= 4 is 55.3 Å². The van der Waals surface area contributed by atoms with Gasteiger partial charge in [-0.1, -0.05) is 40.2 Å². The standard InChI is InChI=1S/C28H26Br2N2O7/c1-17(33)18-11-13-20(14-12-18)31-28(36)39-27(22-15-19(29)16-23(30)26(22)35)24(9-5-6-10-25(34)32-37)38-21-7-3-2-4-8-21/h2-4,6-8,10-16,24,27,35,37H,5,9H2,1H3,(H,31,36)(H,32,34)/b10-6+/t24-,27-/m0/s1. The van der Waals surface area contributed by atoms with Gasteiger partial charge in [-0.15, -0.1) is 0 Å². The summed E-state index contributed by atoms with van der Waals surface area (Å²) >= 11 is 6.74. The highest BCUT2D eigenvalue weighted by molar-refractivity contribution is 9.11. The summed E-state index contributed by atoms with van der Waals surface area (Å²) in [4.78, 5) is 36.0. The van der Waals surface area contributed by atoms with Gasteiger partial charge in [-0.2, -0.15) is 0 Å². The number of para-hydroxylation sites is 1. The number of ether oxygens (including phenoxy) is 2. The highest BCUT2D eigenvalue weighted by Crippen LogP contribution is 2.40. The van der Waals surface area contributed by atoms with Crippen LogP contribution in [0.15, 0.2) is 87.8 Å². The fourth-order valence-corrected chi connectivity index (χ4v) is 4.89. The molecule has 0 unspecified atom stereocenters. The smallest absolute Gasteiger partial charge is 0.412 e. The van der Waals surface area contributed by atoms with Gasteiger partial charge in [-0.25, -0.2) is 10.3 Å². The van der Waals surface area contributed by atoms with Crippen molar-refractivity contribution in [1.29, 1.82) is 0 Å². The zero-order chi connectivity index (χ0) is 28.4. The van der Waals surface area contributed by atoms with E-state index >= 15 is 0 Å². The van der Waals surface area contributed by atoms with Crippen LogP contribution in [0.2, 0.25) is 0 Å². The van der Waals surface area contributed by atoms with Crippen molar-refractivity contribution < 1.29 is 34.2 Å². The number of halogens is 2. The Balaban J connectivity index is 1.95. The zero-order valence-corrected chi connectivity index (χ0v) is 23.9. The summed E-state index contributed by atoms with van der Waals surface area (Å²) in [7, 11) is 0. The Morgan fingerprint density at radius 2 is 1.72 bits per heavy atom. The van der Waals surface area contributed by atoms with Crippen molar-refractivity contribution in [1.82, 2.24) is 5.48 Å². The molecule has 0 aliphatic heterocycles. The van der Waals surface area contributed by atoms with Crippen molar-refractivity contribution in [3.05, 3.63) is 99.0 Å². The summed E-state index contributed by atoms with van der Waals surface area (Å²) < 4.78 is 13.1. The summed E-state index contributed by atoms with van der Waals surface area (Å²) in [5.74, 6) is -0.431. The number of hydrogen-bond donors (Lipinski definition) is 4. The van der Waals surface area contributed by atoms with Gasteiger partial charge in [0, 0.05) is 27.4 Å². The molecule has 39 heavy (non-hydrogen) atoms. The number of rotatable bonds is 11. The maximum atomic E-state index is 13.1. The average Bonchev–Trinajstić information content (AvgIpc) is 2.92. The number of phenolic OH excluding ortho intramolecular Hbond substituents is 1. The zero-order valence-electron chi connectivity index (χ0n) is 20.8. The number of aromatic hydroxyl groups is 1. The largest absolute Gasteiger partial charge is 0.506 e. The molecule has 2 amide bonds. The lowest BCUT2D eigenvalue weighted by molar-refractivity contribution is -0.124. The van der Waals surface area contributed by atoms with Gasteiger partial charge >= 0.3 is 6.09 Å². The van der Waals surface area contributed by atoms with Crippen LogP contribution in [0.25, 0.3) is 0 Å². The molecule has 0 heterocycles. The third-order valence-electron chi connectivity index (χ3n) is 5.50. The maximum absolute atomic E-state index is 13.1. The van der Waals surface area contributed by atoms with E-state index < -0.39 is 24.2 Å². The number of amides is 2. The van der Waals surface area contributed by atoms with E-state index in [1.165, 1.54) is 24.6 Å². The first-order chi connectivity index (χ1) is 18.7. The first kappa shape index (κ1) is 29.9. The minimum absolute atomic E-state index is 0.105. The summed E-state index contributed by atoms with van der Waals surface area (Å²) in [5.41, 5.74) is 2.70. The molecular weight excluding hydrogens is 636 g/mol. The number of ketones is 1. The maximum Gasteiger partial charge on any atom is 0.412 e. The van der Waals surface area contributed by atoms with E-state index in [0.717, 1.165) is 0 Å². The topological polar surface area (TPSA) is 134 Å². The van der Waals surface area contributed by atoms with Crippen molar-refractivity contribution in [3.8, 4) is 11.5 Å². The first-order valence-corrected chi connectivity index (χ1v) is 13.4. The van der Waals surface area contributed by atoms with Crippen LogP contribution >= 0.6 is 31.9 Å². The molecule has 204 valence electrons. The molecular formula is C28H26Br2N2O7. The van der Waals surface area contributed by atoms with Gasteiger partial charge in [0.25, 0.3) is 5.91 Å². The number of carbonyl (C=O) groups is 3. The highest BCUT2D eigenvalue weighted by Gasteiger charge is 2.32. The summed E-state index contributed by atoms with van der Waals surface area (Å²) in [6.07, 6.45) is 0.552. The lowest BCUT2D eigenvalue weighted by Gasteiger charge is -2.29. The summed E-state index contributed by atoms with van der Waals surface area (Å²) in [6, 6.07) is 18.5. The van der Waals surface area contributed by atoms with Crippen LogP contribution in [-0.4, -0.2) is 34.2 Å². The molecule has 4 N–H and O–H groups in total. The van der Waals surface area contributed by atoms with E-state index in [4.69, 9.17) is 14.7 Å². The predicted octanol–water partition coefficient (Wildman–Crippen LogP) is 6.70. The number of hydroxylamine groups is 1. The molecule has 0 spiro atoms. The van der Waals surface area contributed by atoms with Crippen LogP contribution in [0.5, 0.6) is 11.5 Å². The fraction of sp³-hybridized carbons (Fsp3) is 0.179. The van der Waals surface area contributed by atoms with Crippen LogP contribution in [-0.2, 0) is 9.53 Å².